The molecule has 0 bridgehead atoms. The summed E-state index contributed by atoms with van der Waals surface area (Å²) in [5, 5.41) is 6.14. The number of carbonyl (C=O) groups excluding carboxylic acids is 2. The van der Waals surface area contributed by atoms with Crippen molar-refractivity contribution in [2.75, 3.05) is 5.32 Å². The van der Waals surface area contributed by atoms with Gasteiger partial charge in [0.25, 0.3) is 0 Å². The highest BCUT2D eigenvalue weighted by Crippen LogP contribution is 2.40. The summed E-state index contributed by atoms with van der Waals surface area (Å²) in [6, 6.07) is 18.5. The molecule has 2 amide bonds. The highest BCUT2D eigenvalue weighted by atomic mass is 16.2. The van der Waals surface area contributed by atoms with E-state index in [1.165, 1.54) is 0 Å². The smallest absolute Gasteiger partial charge is 0.231 e. The summed E-state index contributed by atoms with van der Waals surface area (Å²) in [4.78, 5) is 25.6. The van der Waals surface area contributed by atoms with Crippen LogP contribution in [0, 0.1) is 5.41 Å². The van der Waals surface area contributed by atoms with Gasteiger partial charge in [0.2, 0.25) is 11.8 Å². The highest BCUT2D eigenvalue weighted by Gasteiger charge is 2.42. The minimum atomic E-state index is -0.574. The number of benzene rings is 2. The van der Waals surface area contributed by atoms with Crippen LogP contribution in [0.25, 0.3) is 11.1 Å². The third-order valence-electron chi connectivity index (χ3n) is 5.98. The van der Waals surface area contributed by atoms with Crippen LogP contribution in [-0.2, 0) is 9.59 Å². The SMILES string of the molecule is O=C(CC1(C(=O)Nc2ccc(-c3ccccc3)cc2)CCCCC1)NC1CC1. The fourth-order valence-electron chi connectivity index (χ4n) is 4.17. The lowest BCUT2D eigenvalue weighted by Gasteiger charge is -2.35. The Hall–Kier alpha value is -2.62. The average molecular weight is 377 g/mol. The summed E-state index contributed by atoms with van der Waals surface area (Å²) in [5.41, 5.74) is 2.49. The number of amides is 2. The Labute approximate surface area is 166 Å². The van der Waals surface area contributed by atoms with E-state index in [1.807, 2.05) is 42.5 Å². The molecular formula is C24H28N2O2. The van der Waals surface area contributed by atoms with E-state index < -0.39 is 5.41 Å². The van der Waals surface area contributed by atoms with Crippen LogP contribution in [0.3, 0.4) is 0 Å². The first kappa shape index (κ1) is 18.7. The number of nitrogens with one attached hydrogen (secondary N) is 2. The second-order valence-corrected chi connectivity index (χ2v) is 8.26. The van der Waals surface area contributed by atoms with Crippen molar-refractivity contribution in [3.05, 3.63) is 54.6 Å². The van der Waals surface area contributed by atoms with Gasteiger partial charge in [0.15, 0.2) is 0 Å². The Kier molecular flexibility index (Phi) is 5.47. The van der Waals surface area contributed by atoms with Crippen LogP contribution >= 0.6 is 0 Å². The lowest BCUT2D eigenvalue weighted by Crippen LogP contribution is -2.42. The molecule has 4 rings (SSSR count). The molecule has 0 atom stereocenters. The second-order valence-electron chi connectivity index (χ2n) is 8.26. The van der Waals surface area contributed by atoms with Crippen molar-refractivity contribution in [1.29, 1.82) is 0 Å². The number of hydrogen-bond acceptors (Lipinski definition) is 2. The summed E-state index contributed by atoms with van der Waals surface area (Å²) >= 11 is 0. The van der Waals surface area contributed by atoms with Crippen LogP contribution in [0.2, 0.25) is 0 Å². The van der Waals surface area contributed by atoms with E-state index in [0.717, 1.165) is 61.8 Å². The van der Waals surface area contributed by atoms with Crippen LogP contribution in [0.4, 0.5) is 5.69 Å². The van der Waals surface area contributed by atoms with Crippen molar-refractivity contribution in [1.82, 2.24) is 5.32 Å². The number of hydrogen-bond donors (Lipinski definition) is 2. The van der Waals surface area contributed by atoms with Gasteiger partial charge in [0, 0.05) is 18.2 Å². The number of anilines is 1. The molecule has 2 aliphatic rings. The third-order valence-corrected chi connectivity index (χ3v) is 5.98. The third kappa shape index (κ3) is 4.44. The first-order chi connectivity index (χ1) is 13.6. The zero-order valence-electron chi connectivity index (χ0n) is 16.2. The Morgan fingerprint density at radius 1 is 0.857 bits per heavy atom. The van der Waals surface area contributed by atoms with E-state index in [9.17, 15) is 9.59 Å². The molecule has 4 nitrogen and oxygen atoms in total. The highest BCUT2D eigenvalue weighted by molar-refractivity contribution is 5.98. The van der Waals surface area contributed by atoms with Crippen molar-refractivity contribution in [3.8, 4) is 11.1 Å². The summed E-state index contributed by atoms with van der Waals surface area (Å²) in [7, 11) is 0. The lowest BCUT2D eigenvalue weighted by atomic mass is 9.70. The quantitative estimate of drug-likeness (QED) is 0.752. The molecule has 2 saturated carbocycles. The summed E-state index contributed by atoms with van der Waals surface area (Å²) < 4.78 is 0. The Morgan fingerprint density at radius 3 is 2.14 bits per heavy atom. The summed E-state index contributed by atoms with van der Waals surface area (Å²) in [6.07, 6.45) is 7.19. The zero-order chi connectivity index (χ0) is 19.4. The molecule has 0 unspecified atom stereocenters. The number of carbonyl (C=O) groups is 2. The lowest BCUT2D eigenvalue weighted by molar-refractivity contribution is -0.134. The van der Waals surface area contributed by atoms with Crippen molar-refractivity contribution in [2.24, 2.45) is 5.41 Å². The molecule has 0 aliphatic heterocycles. The normalized spacial score (nSPS) is 18.3. The van der Waals surface area contributed by atoms with Crippen LogP contribution in [-0.4, -0.2) is 17.9 Å². The molecule has 28 heavy (non-hydrogen) atoms. The van der Waals surface area contributed by atoms with Gasteiger partial charge in [-0.15, -0.1) is 0 Å². The predicted molar refractivity (Wildman–Crippen MR) is 112 cm³/mol. The molecule has 0 heterocycles. The summed E-state index contributed by atoms with van der Waals surface area (Å²) in [5.74, 6) is 0.0181. The molecule has 2 aromatic carbocycles. The Bertz CT molecular complexity index is 819. The van der Waals surface area contributed by atoms with Gasteiger partial charge in [-0.05, 0) is 48.9 Å². The fraction of sp³-hybridized carbons (Fsp3) is 0.417. The van der Waals surface area contributed by atoms with Gasteiger partial charge in [0.1, 0.15) is 0 Å². The molecule has 0 spiro atoms. The van der Waals surface area contributed by atoms with E-state index in [2.05, 4.69) is 22.8 Å². The number of rotatable bonds is 6. The minimum absolute atomic E-state index is 0.00870. The maximum Gasteiger partial charge on any atom is 0.231 e. The van der Waals surface area contributed by atoms with Crippen LogP contribution in [0.1, 0.15) is 51.4 Å². The van der Waals surface area contributed by atoms with Gasteiger partial charge < -0.3 is 10.6 Å². The maximum atomic E-state index is 13.2. The molecule has 2 fully saturated rings. The van der Waals surface area contributed by atoms with Crippen molar-refractivity contribution < 1.29 is 9.59 Å². The zero-order valence-corrected chi connectivity index (χ0v) is 16.2. The summed E-state index contributed by atoms with van der Waals surface area (Å²) in [6.45, 7) is 0. The minimum Gasteiger partial charge on any atom is -0.353 e. The first-order valence-electron chi connectivity index (χ1n) is 10.4. The average Bonchev–Trinajstić information content (AvgIpc) is 3.53. The first-order valence-corrected chi connectivity index (χ1v) is 10.4. The van der Waals surface area contributed by atoms with E-state index in [1.54, 1.807) is 0 Å². The van der Waals surface area contributed by atoms with Gasteiger partial charge in [-0.2, -0.15) is 0 Å². The Balaban J connectivity index is 1.45. The van der Waals surface area contributed by atoms with E-state index in [0.29, 0.717) is 12.5 Å². The molecule has 2 aliphatic carbocycles. The second kappa shape index (κ2) is 8.17. The molecule has 2 N–H and O–H groups in total. The molecule has 0 saturated heterocycles. The van der Waals surface area contributed by atoms with Crippen LogP contribution < -0.4 is 10.6 Å². The van der Waals surface area contributed by atoms with Gasteiger partial charge >= 0.3 is 0 Å². The fourth-order valence-corrected chi connectivity index (χ4v) is 4.17. The molecule has 146 valence electrons. The molecule has 0 aromatic heterocycles. The predicted octanol–water partition coefficient (Wildman–Crippen LogP) is 4.91. The van der Waals surface area contributed by atoms with Gasteiger partial charge in [0.05, 0.1) is 5.41 Å². The van der Waals surface area contributed by atoms with Gasteiger partial charge in [-0.25, -0.2) is 0 Å². The topological polar surface area (TPSA) is 58.2 Å². The molecule has 0 radical (unpaired) electrons. The molecule has 2 aromatic rings. The van der Waals surface area contributed by atoms with Crippen LogP contribution in [0.15, 0.2) is 54.6 Å². The van der Waals surface area contributed by atoms with Crippen molar-refractivity contribution >= 4 is 17.5 Å². The van der Waals surface area contributed by atoms with E-state index in [-0.39, 0.29) is 11.8 Å². The standard InChI is InChI=1S/C24H28N2O2/c27-22(25-20-13-14-20)17-24(15-5-2-6-16-24)23(28)26-21-11-9-19(10-12-21)18-7-3-1-4-8-18/h1,3-4,7-12,20H,2,5-6,13-17H2,(H,25,27)(H,26,28). The molecular weight excluding hydrogens is 348 g/mol. The Morgan fingerprint density at radius 2 is 1.50 bits per heavy atom. The molecule has 4 heteroatoms. The van der Waals surface area contributed by atoms with Crippen LogP contribution in [0.5, 0.6) is 0 Å². The monoisotopic (exact) mass is 376 g/mol. The van der Waals surface area contributed by atoms with Gasteiger partial charge in [-0.1, -0.05) is 61.7 Å². The van der Waals surface area contributed by atoms with E-state index in [4.69, 9.17) is 0 Å². The van der Waals surface area contributed by atoms with E-state index >= 15 is 0 Å². The largest absolute Gasteiger partial charge is 0.353 e. The van der Waals surface area contributed by atoms with Crippen molar-refractivity contribution in [3.63, 3.8) is 0 Å². The van der Waals surface area contributed by atoms with Crippen molar-refractivity contribution in [2.45, 2.75) is 57.4 Å². The maximum absolute atomic E-state index is 13.2. The van der Waals surface area contributed by atoms with Gasteiger partial charge in [-0.3, -0.25) is 9.59 Å².